The second-order valence-corrected chi connectivity index (χ2v) is 4.56. The van der Waals surface area contributed by atoms with Crippen molar-refractivity contribution in [1.82, 2.24) is 4.57 Å². The van der Waals surface area contributed by atoms with Gasteiger partial charge in [-0.05, 0) is 24.6 Å². The standard InChI is InChI=1S/C17H17NO2/c1-14-7-6-11-18(17(14)20)13-16-10-3-2-8-15(16)9-4-5-12-19/h2-3,6-8,10-11,19H,5,12-13H2,1H3. The number of nitrogens with zero attached hydrogens (tertiary/aromatic N) is 1. The Balaban J connectivity index is 2.33. The van der Waals surface area contributed by atoms with Gasteiger partial charge in [0.1, 0.15) is 0 Å². The lowest BCUT2D eigenvalue weighted by atomic mass is 10.1. The first-order valence-corrected chi connectivity index (χ1v) is 6.56. The van der Waals surface area contributed by atoms with E-state index in [2.05, 4.69) is 11.8 Å². The first kappa shape index (κ1) is 14.1. The quantitative estimate of drug-likeness (QED) is 0.864. The molecule has 0 spiro atoms. The van der Waals surface area contributed by atoms with Crippen molar-refractivity contribution in [2.45, 2.75) is 19.9 Å². The average molecular weight is 267 g/mol. The zero-order valence-corrected chi connectivity index (χ0v) is 11.5. The molecular formula is C17H17NO2. The molecule has 20 heavy (non-hydrogen) atoms. The molecule has 1 heterocycles. The van der Waals surface area contributed by atoms with Crippen LogP contribution in [-0.4, -0.2) is 16.3 Å². The Morgan fingerprint density at radius 3 is 2.80 bits per heavy atom. The molecule has 2 rings (SSSR count). The number of aryl methyl sites for hydroxylation is 1. The monoisotopic (exact) mass is 267 g/mol. The normalized spacial score (nSPS) is 9.90. The van der Waals surface area contributed by atoms with Gasteiger partial charge in [-0.3, -0.25) is 4.79 Å². The zero-order valence-electron chi connectivity index (χ0n) is 11.5. The molecule has 3 heteroatoms. The van der Waals surface area contributed by atoms with Crippen molar-refractivity contribution in [2.24, 2.45) is 0 Å². The predicted octanol–water partition coefficient (Wildman–Crippen LogP) is 1.94. The Kier molecular flexibility index (Phi) is 4.75. The molecule has 0 aliphatic heterocycles. The van der Waals surface area contributed by atoms with Gasteiger partial charge in [-0.15, -0.1) is 0 Å². The van der Waals surface area contributed by atoms with Crippen LogP contribution in [0, 0.1) is 18.8 Å². The Morgan fingerprint density at radius 2 is 2.00 bits per heavy atom. The van der Waals surface area contributed by atoms with Gasteiger partial charge in [-0.1, -0.05) is 36.1 Å². The summed E-state index contributed by atoms with van der Waals surface area (Å²) in [5.74, 6) is 5.96. The maximum Gasteiger partial charge on any atom is 0.253 e. The van der Waals surface area contributed by atoms with Crippen molar-refractivity contribution in [1.29, 1.82) is 0 Å². The number of benzene rings is 1. The van der Waals surface area contributed by atoms with E-state index in [9.17, 15) is 4.79 Å². The Labute approximate surface area is 118 Å². The highest BCUT2D eigenvalue weighted by Crippen LogP contribution is 2.09. The van der Waals surface area contributed by atoms with E-state index >= 15 is 0 Å². The molecule has 0 bridgehead atoms. The highest BCUT2D eigenvalue weighted by molar-refractivity contribution is 5.41. The second kappa shape index (κ2) is 6.74. The van der Waals surface area contributed by atoms with Crippen molar-refractivity contribution in [3.05, 3.63) is 69.6 Å². The summed E-state index contributed by atoms with van der Waals surface area (Å²) < 4.78 is 1.68. The van der Waals surface area contributed by atoms with Crippen LogP contribution in [0.4, 0.5) is 0 Å². The number of aliphatic hydroxyl groups is 1. The third-order valence-electron chi connectivity index (χ3n) is 3.03. The molecule has 0 radical (unpaired) electrons. The fourth-order valence-corrected chi connectivity index (χ4v) is 1.96. The predicted molar refractivity (Wildman–Crippen MR) is 79.6 cm³/mol. The summed E-state index contributed by atoms with van der Waals surface area (Å²) in [4.78, 5) is 12.0. The summed E-state index contributed by atoms with van der Waals surface area (Å²) in [6.07, 6.45) is 2.24. The molecule has 0 unspecified atom stereocenters. The first-order chi connectivity index (χ1) is 9.72. The molecule has 1 N–H and O–H groups in total. The number of hydrogen-bond donors (Lipinski definition) is 1. The molecule has 102 valence electrons. The third kappa shape index (κ3) is 3.37. The summed E-state index contributed by atoms with van der Waals surface area (Å²) in [6, 6.07) is 11.4. The van der Waals surface area contributed by atoms with Crippen molar-refractivity contribution in [2.75, 3.05) is 6.61 Å². The summed E-state index contributed by atoms with van der Waals surface area (Å²) in [5, 5.41) is 8.77. The van der Waals surface area contributed by atoms with Crippen LogP contribution in [-0.2, 0) is 6.54 Å². The molecule has 1 aromatic carbocycles. The minimum Gasteiger partial charge on any atom is -0.395 e. The van der Waals surface area contributed by atoms with Crippen molar-refractivity contribution in [3.63, 3.8) is 0 Å². The minimum atomic E-state index is 0.0191. The second-order valence-electron chi connectivity index (χ2n) is 4.56. The molecule has 0 saturated carbocycles. The molecule has 1 aromatic heterocycles. The average Bonchev–Trinajstić information content (AvgIpc) is 2.46. The van der Waals surface area contributed by atoms with Gasteiger partial charge in [-0.2, -0.15) is 0 Å². The van der Waals surface area contributed by atoms with Crippen LogP contribution >= 0.6 is 0 Å². The van der Waals surface area contributed by atoms with Crippen LogP contribution in [0.25, 0.3) is 0 Å². The maximum atomic E-state index is 12.0. The van der Waals surface area contributed by atoms with E-state index in [0.29, 0.717) is 13.0 Å². The van der Waals surface area contributed by atoms with Gasteiger partial charge >= 0.3 is 0 Å². The molecule has 0 fully saturated rings. The fraction of sp³-hybridized carbons (Fsp3) is 0.235. The zero-order chi connectivity index (χ0) is 14.4. The van der Waals surface area contributed by atoms with E-state index in [4.69, 9.17) is 5.11 Å². The summed E-state index contributed by atoms with van der Waals surface area (Å²) in [6.45, 7) is 2.38. The number of pyridine rings is 1. The Morgan fingerprint density at radius 1 is 1.20 bits per heavy atom. The number of aromatic nitrogens is 1. The van der Waals surface area contributed by atoms with Crippen LogP contribution < -0.4 is 5.56 Å². The first-order valence-electron chi connectivity index (χ1n) is 6.56. The Bertz CT molecular complexity index is 705. The van der Waals surface area contributed by atoms with Gasteiger partial charge in [0, 0.05) is 23.7 Å². The summed E-state index contributed by atoms with van der Waals surface area (Å²) >= 11 is 0. The van der Waals surface area contributed by atoms with Gasteiger partial charge < -0.3 is 9.67 Å². The summed E-state index contributed by atoms with van der Waals surface area (Å²) in [7, 11) is 0. The molecular weight excluding hydrogens is 250 g/mol. The molecule has 0 aliphatic rings. The molecule has 0 aliphatic carbocycles. The van der Waals surface area contributed by atoms with Gasteiger partial charge in [0.25, 0.3) is 5.56 Å². The lowest BCUT2D eigenvalue weighted by molar-refractivity contribution is 0.305. The highest BCUT2D eigenvalue weighted by atomic mass is 16.2. The van der Waals surface area contributed by atoms with E-state index in [1.165, 1.54) is 0 Å². The lowest BCUT2D eigenvalue weighted by Gasteiger charge is -2.08. The van der Waals surface area contributed by atoms with Crippen molar-refractivity contribution < 1.29 is 5.11 Å². The smallest absolute Gasteiger partial charge is 0.253 e. The number of aliphatic hydroxyl groups excluding tert-OH is 1. The largest absolute Gasteiger partial charge is 0.395 e. The van der Waals surface area contributed by atoms with E-state index in [1.54, 1.807) is 10.8 Å². The molecule has 2 aromatic rings. The lowest BCUT2D eigenvalue weighted by Crippen LogP contribution is -2.22. The van der Waals surface area contributed by atoms with Crippen LogP contribution in [0.2, 0.25) is 0 Å². The van der Waals surface area contributed by atoms with Crippen molar-refractivity contribution in [3.8, 4) is 11.8 Å². The van der Waals surface area contributed by atoms with E-state index in [-0.39, 0.29) is 12.2 Å². The molecule has 0 amide bonds. The summed E-state index contributed by atoms with van der Waals surface area (Å²) in [5.41, 5.74) is 2.65. The number of hydrogen-bond acceptors (Lipinski definition) is 2. The van der Waals surface area contributed by atoms with Crippen LogP contribution in [0.5, 0.6) is 0 Å². The number of rotatable bonds is 3. The molecule has 0 atom stereocenters. The van der Waals surface area contributed by atoms with Crippen LogP contribution in [0.1, 0.15) is 23.1 Å². The minimum absolute atomic E-state index is 0.0191. The maximum absolute atomic E-state index is 12.0. The third-order valence-corrected chi connectivity index (χ3v) is 3.03. The molecule has 3 nitrogen and oxygen atoms in total. The van der Waals surface area contributed by atoms with Crippen molar-refractivity contribution >= 4 is 0 Å². The van der Waals surface area contributed by atoms with Gasteiger partial charge in [0.05, 0.1) is 13.2 Å². The SMILES string of the molecule is Cc1cccn(Cc2ccccc2C#CCCO)c1=O. The molecule has 0 saturated heterocycles. The van der Waals surface area contributed by atoms with Crippen LogP contribution in [0.15, 0.2) is 47.4 Å². The van der Waals surface area contributed by atoms with Crippen LogP contribution in [0.3, 0.4) is 0 Å². The van der Waals surface area contributed by atoms with Gasteiger partial charge in [0.2, 0.25) is 0 Å². The van der Waals surface area contributed by atoms with Gasteiger partial charge in [0.15, 0.2) is 0 Å². The highest BCUT2D eigenvalue weighted by Gasteiger charge is 2.03. The van der Waals surface area contributed by atoms with E-state index in [0.717, 1.165) is 16.7 Å². The Hall–Kier alpha value is -2.31. The van der Waals surface area contributed by atoms with Gasteiger partial charge in [-0.25, -0.2) is 0 Å². The topological polar surface area (TPSA) is 42.2 Å². The van der Waals surface area contributed by atoms with E-state index in [1.807, 2.05) is 43.3 Å². The fourth-order valence-electron chi connectivity index (χ4n) is 1.96. The van der Waals surface area contributed by atoms with E-state index < -0.39 is 0 Å².